The molecule has 1 aromatic carbocycles. The SMILES string of the molecule is C#CCOc1ccc(CCNC(=O)NC(C)CO)cc1. The molecule has 0 spiro atoms. The second kappa shape index (κ2) is 8.83. The van der Waals surface area contributed by atoms with Crippen LogP contribution in [0.1, 0.15) is 12.5 Å². The Labute approximate surface area is 119 Å². The summed E-state index contributed by atoms with van der Waals surface area (Å²) in [6.45, 7) is 2.43. The minimum Gasteiger partial charge on any atom is -0.481 e. The standard InChI is InChI=1S/C15H20N2O3/c1-3-10-20-14-6-4-13(5-7-14)8-9-16-15(19)17-12(2)11-18/h1,4-7,12,18H,8-11H2,2H3,(H2,16,17,19). The molecule has 0 heterocycles. The molecule has 0 aromatic heterocycles. The Balaban J connectivity index is 2.28. The minimum absolute atomic E-state index is 0.0768. The predicted octanol–water partition coefficient (Wildman–Crippen LogP) is 0.921. The number of hydrogen-bond donors (Lipinski definition) is 3. The number of nitrogens with one attached hydrogen (secondary N) is 2. The van der Waals surface area contributed by atoms with Crippen molar-refractivity contribution in [1.29, 1.82) is 0 Å². The first-order valence-corrected chi connectivity index (χ1v) is 6.46. The Morgan fingerprint density at radius 1 is 1.45 bits per heavy atom. The number of carbonyl (C=O) groups excluding carboxylic acids is 1. The summed E-state index contributed by atoms with van der Waals surface area (Å²) in [5, 5.41) is 14.1. The third-order valence-corrected chi connectivity index (χ3v) is 2.60. The van der Waals surface area contributed by atoms with E-state index < -0.39 is 0 Å². The van der Waals surface area contributed by atoms with E-state index in [0.717, 1.165) is 17.7 Å². The van der Waals surface area contributed by atoms with Gasteiger partial charge in [0.2, 0.25) is 0 Å². The molecule has 3 N–H and O–H groups in total. The van der Waals surface area contributed by atoms with Crippen molar-refractivity contribution in [3.05, 3.63) is 29.8 Å². The van der Waals surface area contributed by atoms with Crippen LogP contribution in [0.4, 0.5) is 4.79 Å². The molecule has 0 bridgehead atoms. The van der Waals surface area contributed by atoms with E-state index in [2.05, 4.69) is 16.6 Å². The fourth-order valence-corrected chi connectivity index (χ4v) is 1.52. The van der Waals surface area contributed by atoms with Crippen molar-refractivity contribution in [2.75, 3.05) is 19.8 Å². The maximum atomic E-state index is 11.4. The molecule has 1 rings (SSSR count). The zero-order chi connectivity index (χ0) is 14.8. The Bertz CT molecular complexity index is 451. The van der Waals surface area contributed by atoms with E-state index in [1.807, 2.05) is 24.3 Å². The summed E-state index contributed by atoms with van der Waals surface area (Å²) in [5.74, 6) is 3.13. The number of benzene rings is 1. The highest BCUT2D eigenvalue weighted by molar-refractivity contribution is 5.74. The molecule has 1 unspecified atom stereocenters. The van der Waals surface area contributed by atoms with Crippen LogP contribution in [0.15, 0.2) is 24.3 Å². The first-order chi connectivity index (χ1) is 9.65. The first kappa shape index (κ1) is 15.9. The van der Waals surface area contributed by atoms with E-state index in [1.54, 1.807) is 6.92 Å². The topological polar surface area (TPSA) is 70.6 Å². The number of urea groups is 1. The summed E-state index contributed by atoms with van der Waals surface area (Å²) in [7, 11) is 0. The van der Waals surface area contributed by atoms with Crippen LogP contribution in [0.25, 0.3) is 0 Å². The van der Waals surface area contributed by atoms with Crippen LogP contribution >= 0.6 is 0 Å². The smallest absolute Gasteiger partial charge is 0.315 e. The van der Waals surface area contributed by atoms with E-state index >= 15 is 0 Å². The molecule has 1 aromatic rings. The molecule has 5 heteroatoms. The number of amides is 2. The molecule has 20 heavy (non-hydrogen) atoms. The summed E-state index contributed by atoms with van der Waals surface area (Å²) < 4.78 is 5.27. The second-order valence-electron chi connectivity index (χ2n) is 4.37. The fraction of sp³-hybridized carbons (Fsp3) is 0.400. The van der Waals surface area contributed by atoms with Gasteiger partial charge in [0.05, 0.1) is 12.6 Å². The van der Waals surface area contributed by atoms with Gasteiger partial charge in [-0.1, -0.05) is 18.1 Å². The van der Waals surface area contributed by atoms with Gasteiger partial charge in [-0.2, -0.15) is 0 Å². The number of terminal acetylenes is 1. The minimum atomic E-state index is -0.277. The van der Waals surface area contributed by atoms with Gasteiger partial charge in [0.15, 0.2) is 0 Å². The van der Waals surface area contributed by atoms with E-state index in [9.17, 15) is 4.79 Å². The molecule has 0 saturated carbocycles. The maximum absolute atomic E-state index is 11.4. The molecule has 2 amide bonds. The van der Waals surface area contributed by atoms with Crippen molar-refractivity contribution in [3.63, 3.8) is 0 Å². The molecular weight excluding hydrogens is 256 g/mol. The summed E-state index contributed by atoms with van der Waals surface area (Å²) in [6, 6.07) is 7.04. The van der Waals surface area contributed by atoms with Crippen molar-refractivity contribution < 1.29 is 14.6 Å². The molecule has 1 atom stereocenters. The van der Waals surface area contributed by atoms with Gasteiger partial charge in [0.1, 0.15) is 12.4 Å². The predicted molar refractivity (Wildman–Crippen MR) is 77.6 cm³/mol. The average Bonchev–Trinajstić information content (AvgIpc) is 2.46. The summed E-state index contributed by atoms with van der Waals surface area (Å²) in [4.78, 5) is 11.4. The van der Waals surface area contributed by atoms with Gasteiger partial charge < -0.3 is 20.5 Å². The van der Waals surface area contributed by atoms with Crippen LogP contribution in [0.5, 0.6) is 5.75 Å². The van der Waals surface area contributed by atoms with Crippen molar-refractivity contribution in [2.45, 2.75) is 19.4 Å². The second-order valence-corrected chi connectivity index (χ2v) is 4.37. The van der Waals surface area contributed by atoms with Gasteiger partial charge in [-0.05, 0) is 31.0 Å². The lowest BCUT2D eigenvalue weighted by molar-refractivity contribution is 0.220. The first-order valence-electron chi connectivity index (χ1n) is 6.46. The number of ether oxygens (including phenoxy) is 1. The normalized spacial score (nSPS) is 11.2. The van der Waals surface area contributed by atoms with Gasteiger partial charge in [0.25, 0.3) is 0 Å². The Morgan fingerprint density at radius 2 is 2.15 bits per heavy atom. The number of aliphatic hydroxyl groups is 1. The van der Waals surface area contributed by atoms with Crippen LogP contribution < -0.4 is 15.4 Å². The van der Waals surface area contributed by atoms with Gasteiger partial charge in [-0.15, -0.1) is 6.42 Å². The van der Waals surface area contributed by atoms with Crippen LogP contribution in [0.2, 0.25) is 0 Å². The quantitative estimate of drug-likeness (QED) is 0.649. The molecule has 5 nitrogen and oxygen atoms in total. The molecule has 0 fully saturated rings. The number of rotatable bonds is 7. The van der Waals surface area contributed by atoms with Gasteiger partial charge in [-0.25, -0.2) is 4.79 Å². The van der Waals surface area contributed by atoms with Crippen molar-refractivity contribution in [3.8, 4) is 18.1 Å². The maximum Gasteiger partial charge on any atom is 0.315 e. The van der Waals surface area contributed by atoms with Gasteiger partial charge in [-0.3, -0.25) is 0 Å². The largest absolute Gasteiger partial charge is 0.481 e. The molecule has 0 aliphatic heterocycles. The number of aliphatic hydroxyl groups excluding tert-OH is 1. The third-order valence-electron chi connectivity index (χ3n) is 2.60. The molecular formula is C15H20N2O3. The lowest BCUT2D eigenvalue weighted by Gasteiger charge is -2.12. The third kappa shape index (κ3) is 6.12. The van der Waals surface area contributed by atoms with Crippen molar-refractivity contribution in [2.24, 2.45) is 0 Å². The average molecular weight is 276 g/mol. The Kier molecular flexibility index (Phi) is 7.01. The lowest BCUT2D eigenvalue weighted by atomic mass is 10.1. The monoisotopic (exact) mass is 276 g/mol. The van der Waals surface area contributed by atoms with Gasteiger partial charge >= 0.3 is 6.03 Å². The molecule has 0 aliphatic carbocycles. The molecule has 0 saturated heterocycles. The van der Waals surface area contributed by atoms with Crippen LogP contribution in [0.3, 0.4) is 0 Å². The van der Waals surface area contributed by atoms with Crippen molar-refractivity contribution in [1.82, 2.24) is 10.6 Å². The summed E-state index contributed by atoms with van der Waals surface area (Å²) in [6.07, 6.45) is 5.83. The zero-order valence-electron chi connectivity index (χ0n) is 11.6. The van der Waals surface area contributed by atoms with E-state index in [4.69, 9.17) is 16.3 Å². The Hall–Kier alpha value is -2.19. The van der Waals surface area contributed by atoms with E-state index in [0.29, 0.717) is 6.54 Å². The van der Waals surface area contributed by atoms with E-state index in [1.165, 1.54) is 0 Å². The molecule has 0 aliphatic rings. The summed E-state index contributed by atoms with van der Waals surface area (Å²) in [5.41, 5.74) is 1.09. The van der Waals surface area contributed by atoms with Crippen LogP contribution in [-0.2, 0) is 6.42 Å². The zero-order valence-corrected chi connectivity index (χ0v) is 11.6. The van der Waals surface area contributed by atoms with E-state index in [-0.39, 0.29) is 25.3 Å². The molecule has 108 valence electrons. The highest BCUT2D eigenvalue weighted by Crippen LogP contribution is 2.12. The lowest BCUT2D eigenvalue weighted by Crippen LogP contribution is -2.42. The molecule has 0 radical (unpaired) electrons. The Morgan fingerprint density at radius 3 is 2.75 bits per heavy atom. The van der Waals surface area contributed by atoms with Crippen molar-refractivity contribution >= 4 is 6.03 Å². The number of carbonyl (C=O) groups is 1. The summed E-state index contributed by atoms with van der Waals surface area (Å²) >= 11 is 0. The van der Waals surface area contributed by atoms with Gasteiger partial charge in [0, 0.05) is 6.54 Å². The highest BCUT2D eigenvalue weighted by Gasteiger charge is 2.04. The van der Waals surface area contributed by atoms with Crippen LogP contribution in [0, 0.1) is 12.3 Å². The fourth-order valence-electron chi connectivity index (χ4n) is 1.52. The number of hydrogen-bond acceptors (Lipinski definition) is 3. The highest BCUT2D eigenvalue weighted by atomic mass is 16.5. The van der Waals surface area contributed by atoms with Crippen LogP contribution in [-0.4, -0.2) is 36.9 Å².